The van der Waals surface area contributed by atoms with Gasteiger partial charge in [-0.2, -0.15) is 0 Å². The molecule has 0 aliphatic rings. The third kappa shape index (κ3) is 7.77. The highest BCUT2D eigenvalue weighted by molar-refractivity contribution is 4.76. The fourth-order valence-electron chi connectivity index (χ4n) is 1.67. The predicted octanol–water partition coefficient (Wildman–Crippen LogP) is 1.48. The van der Waals surface area contributed by atoms with Gasteiger partial charge in [-0.05, 0) is 46.2 Å². The van der Waals surface area contributed by atoms with Crippen LogP contribution in [0, 0.1) is 0 Å². The standard InChI is InChI=1S/C12H29N3/c1-5-7-15-10(3)8-12(14-4)9-11(13)6-2/h10-12,14-15H,5-9,13H2,1-4H3/i/hT3. The van der Waals surface area contributed by atoms with E-state index in [0.29, 0.717) is 12.5 Å². The van der Waals surface area contributed by atoms with Gasteiger partial charge >= 0.3 is 0 Å². The van der Waals surface area contributed by atoms with Gasteiger partial charge in [-0.25, -0.2) is 0 Å². The molecule has 92 valence electrons. The maximum atomic E-state index is 7.78. The summed E-state index contributed by atoms with van der Waals surface area (Å²) in [5.74, 6) is 0. The second-order valence-corrected chi connectivity index (χ2v) is 4.30. The minimum atomic E-state index is -0.0961. The molecule has 3 atom stereocenters. The summed E-state index contributed by atoms with van der Waals surface area (Å²) in [6, 6.07) is 0.360. The van der Waals surface area contributed by atoms with E-state index in [2.05, 4.69) is 19.2 Å². The predicted molar refractivity (Wildman–Crippen MR) is 68.1 cm³/mol. The molecule has 0 aromatic heterocycles. The summed E-state index contributed by atoms with van der Waals surface area (Å²) in [5.41, 5.74) is 0.778. The lowest BCUT2D eigenvalue weighted by Crippen LogP contribution is -2.39. The SMILES string of the molecule is [3H]N([3H])C(CC)CC(CC(C)NCCC)N([3H])C. The molecular weight excluding hydrogens is 186 g/mol. The molecule has 3 nitrogen and oxygen atoms in total. The normalized spacial score (nSPS) is 20.8. The van der Waals surface area contributed by atoms with Crippen molar-refractivity contribution in [3.05, 3.63) is 0 Å². The molecule has 0 aromatic carbocycles. The Morgan fingerprint density at radius 1 is 1.40 bits per heavy atom. The van der Waals surface area contributed by atoms with Crippen molar-refractivity contribution in [2.75, 3.05) is 13.6 Å². The minimum Gasteiger partial charge on any atom is -0.328 e. The van der Waals surface area contributed by atoms with Gasteiger partial charge in [0.2, 0.25) is 0 Å². The minimum absolute atomic E-state index is 0.0903. The van der Waals surface area contributed by atoms with Gasteiger partial charge < -0.3 is 16.3 Å². The molecule has 0 amide bonds. The summed E-state index contributed by atoms with van der Waals surface area (Å²) in [6.45, 7) is 7.25. The molecule has 3 unspecified atom stereocenters. The molecule has 0 rings (SSSR count). The quantitative estimate of drug-likeness (QED) is 0.524. The lowest BCUT2D eigenvalue weighted by molar-refractivity contribution is 0.383. The van der Waals surface area contributed by atoms with E-state index >= 15 is 0 Å². The first-order valence-corrected chi connectivity index (χ1v) is 6.14. The Morgan fingerprint density at radius 3 is 2.60 bits per heavy atom. The first-order chi connectivity index (χ1) is 8.42. The van der Waals surface area contributed by atoms with Gasteiger partial charge in [0, 0.05) is 18.1 Å². The molecule has 0 heterocycles. The van der Waals surface area contributed by atoms with Crippen molar-refractivity contribution in [3.63, 3.8) is 0 Å². The number of rotatable bonds is 10. The van der Waals surface area contributed by atoms with Gasteiger partial charge in [-0.15, -0.1) is 0 Å². The van der Waals surface area contributed by atoms with Crippen LogP contribution in [-0.4, -0.2) is 31.7 Å². The molecule has 0 aliphatic carbocycles. The smallest absolute Gasteiger partial charge is 0.122 e. The summed E-state index contributed by atoms with van der Waals surface area (Å²) >= 11 is 0. The first-order valence-electron chi connectivity index (χ1n) is 7.48. The van der Waals surface area contributed by atoms with E-state index in [1.165, 1.54) is 5.31 Å². The van der Waals surface area contributed by atoms with Gasteiger partial charge in [0.15, 0.2) is 0 Å². The van der Waals surface area contributed by atoms with Crippen LogP contribution in [0.25, 0.3) is 0 Å². The number of nitrogens with two attached hydrogens (primary N) is 1. The summed E-state index contributed by atoms with van der Waals surface area (Å²) in [6.07, 6.45) is 3.45. The van der Waals surface area contributed by atoms with Crippen molar-refractivity contribution in [1.82, 2.24) is 10.6 Å². The Hall–Kier alpha value is -0.120. The monoisotopic (exact) mass is 221 g/mol. The van der Waals surface area contributed by atoms with Crippen LogP contribution in [0.15, 0.2) is 0 Å². The molecule has 3 heteroatoms. The second-order valence-electron chi connectivity index (χ2n) is 4.30. The Bertz CT molecular complexity index is 203. The average Bonchev–Trinajstić information content (AvgIpc) is 2.30. The molecule has 0 aliphatic heterocycles. The average molecular weight is 221 g/mol. The van der Waals surface area contributed by atoms with Gasteiger partial charge in [0.05, 0.1) is 0 Å². The first kappa shape index (κ1) is 10.1. The van der Waals surface area contributed by atoms with Crippen molar-refractivity contribution in [3.8, 4) is 0 Å². The topological polar surface area (TPSA) is 50.1 Å². The molecule has 0 bridgehead atoms. The summed E-state index contributed by atoms with van der Waals surface area (Å²) in [4.78, 5) is 0. The van der Waals surface area contributed by atoms with Crippen LogP contribution in [0.5, 0.6) is 0 Å². The summed E-state index contributed by atoms with van der Waals surface area (Å²) < 4.78 is 22.5. The Morgan fingerprint density at radius 2 is 2.13 bits per heavy atom. The zero-order chi connectivity index (χ0) is 14.1. The van der Waals surface area contributed by atoms with E-state index in [1.807, 2.05) is 6.92 Å². The molecule has 0 saturated carbocycles. The lowest BCUT2D eigenvalue weighted by atomic mass is 10.00. The highest BCUT2D eigenvalue weighted by atomic mass is 14.9. The fourth-order valence-corrected chi connectivity index (χ4v) is 1.67. The van der Waals surface area contributed by atoms with Gasteiger partial charge in [-0.1, -0.05) is 13.8 Å². The molecule has 0 fully saturated rings. The highest BCUT2D eigenvalue weighted by Crippen LogP contribution is 2.06. The maximum absolute atomic E-state index is 7.78. The van der Waals surface area contributed by atoms with E-state index in [0.717, 1.165) is 31.5 Å². The molecule has 0 spiro atoms. The fraction of sp³-hybridized carbons (Fsp3) is 1.00. The third-order valence-corrected chi connectivity index (χ3v) is 2.75. The van der Waals surface area contributed by atoms with Crippen molar-refractivity contribution in [1.29, 1.82) is 0 Å². The van der Waals surface area contributed by atoms with Crippen LogP contribution in [0.1, 0.15) is 46.5 Å². The van der Waals surface area contributed by atoms with Crippen LogP contribution >= 0.6 is 0 Å². The number of hydrogen-bond donors (Lipinski definition) is 3. The van der Waals surface area contributed by atoms with Crippen LogP contribution in [-0.2, 0) is 0 Å². The van der Waals surface area contributed by atoms with Crippen LogP contribution < -0.4 is 16.3 Å². The lowest BCUT2D eigenvalue weighted by Gasteiger charge is -2.23. The van der Waals surface area contributed by atoms with Gasteiger partial charge in [0.25, 0.3) is 0 Å². The van der Waals surface area contributed by atoms with Gasteiger partial charge in [0.1, 0.15) is 4.24 Å². The van der Waals surface area contributed by atoms with Crippen LogP contribution in [0.4, 0.5) is 0 Å². The van der Waals surface area contributed by atoms with E-state index in [1.54, 1.807) is 7.05 Å². The van der Waals surface area contributed by atoms with E-state index < -0.39 is 0 Å². The maximum Gasteiger partial charge on any atom is 0.122 e. The zero-order valence-corrected chi connectivity index (χ0v) is 10.7. The van der Waals surface area contributed by atoms with Crippen LogP contribution in [0.3, 0.4) is 0 Å². The Balaban J connectivity index is 4.29. The highest BCUT2D eigenvalue weighted by Gasteiger charge is 2.13. The Kier molecular flexibility index (Phi) is 6.12. The van der Waals surface area contributed by atoms with Crippen molar-refractivity contribution < 1.29 is 4.24 Å². The molecule has 0 aromatic rings. The van der Waals surface area contributed by atoms with E-state index in [-0.39, 0.29) is 12.1 Å². The molecule has 0 saturated heterocycles. The zero-order valence-electron chi connectivity index (χ0n) is 13.7. The molecule has 15 heavy (non-hydrogen) atoms. The van der Waals surface area contributed by atoms with E-state index in [9.17, 15) is 0 Å². The summed E-state index contributed by atoms with van der Waals surface area (Å²) in [5, 5.41) is 4.89. The molecule has 4 N–H and O–H groups in total. The van der Waals surface area contributed by atoms with Crippen molar-refractivity contribution in [2.45, 2.75) is 64.6 Å². The second kappa shape index (κ2) is 9.13. The van der Waals surface area contributed by atoms with Crippen molar-refractivity contribution in [2.24, 2.45) is 5.72 Å². The molecule has 0 radical (unpaired) electrons. The molecular formula is C12H29N3. The largest absolute Gasteiger partial charge is 0.328 e. The van der Waals surface area contributed by atoms with E-state index in [4.69, 9.17) is 4.24 Å². The Labute approximate surface area is 99.6 Å². The van der Waals surface area contributed by atoms with Crippen LogP contribution in [0.2, 0.25) is 4.24 Å². The van der Waals surface area contributed by atoms with Gasteiger partial charge in [-0.3, -0.25) is 0 Å². The third-order valence-electron chi connectivity index (χ3n) is 2.75. The number of hydrogen-bond acceptors (Lipinski definition) is 3. The summed E-state index contributed by atoms with van der Waals surface area (Å²) in [7, 11) is 1.75. The van der Waals surface area contributed by atoms with Crippen molar-refractivity contribution >= 4 is 0 Å². The number of nitrogens with one attached hydrogen (secondary N) is 2.